The molecule has 0 saturated carbocycles. The molecule has 98 valence electrons. The second kappa shape index (κ2) is 5.47. The van der Waals surface area contributed by atoms with Crippen LogP contribution in [0.15, 0.2) is 30.5 Å². The third-order valence-electron chi connectivity index (χ3n) is 2.45. The number of methoxy groups -OCH3 is 1. The lowest BCUT2D eigenvalue weighted by Crippen LogP contribution is -2.06. The van der Waals surface area contributed by atoms with Gasteiger partial charge in [0.15, 0.2) is 0 Å². The Morgan fingerprint density at radius 1 is 1.21 bits per heavy atom. The van der Waals surface area contributed by atoms with Crippen LogP contribution >= 0.6 is 23.2 Å². The van der Waals surface area contributed by atoms with Gasteiger partial charge in [0.1, 0.15) is 0 Å². The number of pyridine rings is 1. The lowest BCUT2D eigenvalue weighted by atomic mass is 10.1. The van der Waals surface area contributed by atoms with Gasteiger partial charge in [-0.1, -0.05) is 23.2 Å². The molecule has 0 atom stereocenters. The molecule has 1 heterocycles. The Balaban J connectivity index is 2.64. The van der Waals surface area contributed by atoms with Gasteiger partial charge in [-0.2, -0.15) is 0 Å². The van der Waals surface area contributed by atoms with Gasteiger partial charge in [-0.05, 0) is 24.3 Å². The molecule has 4 nitrogen and oxygen atoms in total. The third kappa shape index (κ3) is 2.97. The largest absolute Gasteiger partial charge is 0.465 e. The predicted molar refractivity (Wildman–Crippen MR) is 75.4 cm³/mol. The van der Waals surface area contributed by atoms with Crippen LogP contribution in [0.25, 0.3) is 11.3 Å². The lowest BCUT2D eigenvalue weighted by molar-refractivity contribution is 0.0601. The smallest absolute Gasteiger partial charge is 0.340 e. The molecule has 0 aliphatic heterocycles. The number of benzene rings is 1. The van der Waals surface area contributed by atoms with Crippen LogP contribution in [0.4, 0.5) is 5.69 Å². The van der Waals surface area contributed by atoms with Gasteiger partial charge in [-0.3, -0.25) is 4.98 Å². The van der Waals surface area contributed by atoms with E-state index in [2.05, 4.69) is 4.98 Å². The molecule has 0 bridgehead atoms. The SMILES string of the molecule is COC(=O)c1cc(N)cnc1-c1cc(Cl)cc(Cl)c1. The maximum Gasteiger partial charge on any atom is 0.340 e. The quantitative estimate of drug-likeness (QED) is 0.862. The highest BCUT2D eigenvalue weighted by Crippen LogP contribution is 2.29. The molecule has 2 N–H and O–H groups in total. The van der Waals surface area contributed by atoms with E-state index in [4.69, 9.17) is 33.7 Å². The number of halogens is 2. The van der Waals surface area contributed by atoms with Gasteiger partial charge in [0, 0.05) is 15.6 Å². The summed E-state index contributed by atoms with van der Waals surface area (Å²) in [5.74, 6) is -0.522. The Kier molecular flexibility index (Phi) is 3.93. The van der Waals surface area contributed by atoms with Crippen molar-refractivity contribution in [1.29, 1.82) is 0 Å². The zero-order valence-electron chi connectivity index (χ0n) is 9.98. The number of hydrogen-bond acceptors (Lipinski definition) is 4. The van der Waals surface area contributed by atoms with E-state index in [9.17, 15) is 4.79 Å². The van der Waals surface area contributed by atoms with Crippen molar-refractivity contribution in [3.63, 3.8) is 0 Å². The van der Waals surface area contributed by atoms with E-state index in [0.29, 0.717) is 27.0 Å². The maximum atomic E-state index is 11.7. The fourth-order valence-corrected chi connectivity index (χ4v) is 2.19. The summed E-state index contributed by atoms with van der Waals surface area (Å²) in [5, 5.41) is 0.911. The van der Waals surface area contributed by atoms with Crippen LogP contribution in [0.5, 0.6) is 0 Å². The fourth-order valence-electron chi connectivity index (χ4n) is 1.67. The van der Waals surface area contributed by atoms with Crippen molar-refractivity contribution in [2.75, 3.05) is 12.8 Å². The number of aromatic nitrogens is 1. The molecule has 0 amide bonds. The summed E-state index contributed by atoms with van der Waals surface area (Å²) in [6.07, 6.45) is 1.45. The van der Waals surface area contributed by atoms with E-state index >= 15 is 0 Å². The summed E-state index contributed by atoms with van der Waals surface area (Å²) in [4.78, 5) is 15.9. The van der Waals surface area contributed by atoms with Crippen LogP contribution in [0.3, 0.4) is 0 Å². The number of nitrogens with zero attached hydrogens (tertiary/aromatic N) is 1. The molecule has 19 heavy (non-hydrogen) atoms. The zero-order chi connectivity index (χ0) is 14.0. The maximum absolute atomic E-state index is 11.7. The van der Waals surface area contributed by atoms with Gasteiger partial charge in [-0.15, -0.1) is 0 Å². The Hall–Kier alpha value is -1.78. The molecule has 2 rings (SSSR count). The fraction of sp³-hybridized carbons (Fsp3) is 0.0769. The van der Waals surface area contributed by atoms with Gasteiger partial charge in [0.05, 0.1) is 30.3 Å². The van der Waals surface area contributed by atoms with Crippen LogP contribution in [-0.4, -0.2) is 18.1 Å². The molecule has 0 aliphatic carbocycles. The predicted octanol–water partition coefficient (Wildman–Crippen LogP) is 3.42. The normalized spacial score (nSPS) is 10.3. The average molecular weight is 297 g/mol. The van der Waals surface area contributed by atoms with E-state index in [1.54, 1.807) is 18.2 Å². The summed E-state index contributed by atoms with van der Waals surface area (Å²) in [7, 11) is 1.29. The Labute approximate surface area is 120 Å². The van der Waals surface area contributed by atoms with Crippen molar-refractivity contribution in [2.24, 2.45) is 0 Å². The van der Waals surface area contributed by atoms with E-state index in [-0.39, 0.29) is 5.56 Å². The molecule has 6 heteroatoms. The minimum atomic E-state index is -0.522. The first-order valence-corrected chi connectivity index (χ1v) is 6.07. The second-order valence-corrected chi connectivity index (χ2v) is 4.69. The molecule has 0 aliphatic rings. The van der Waals surface area contributed by atoms with Crippen LogP contribution < -0.4 is 5.73 Å². The van der Waals surface area contributed by atoms with Crippen molar-refractivity contribution in [1.82, 2.24) is 4.98 Å². The van der Waals surface area contributed by atoms with Crippen molar-refractivity contribution < 1.29 is 9.53 Å². The molecule has 0 saturated heterocycles. The number of anilines is 1. The van der Waals surface area contributed by atoms with Crippen molar-refractivity contribution in [2.45, 2.75) is 0 Å². The first-order valence-electron chi connectivity index (χ1n) is 5.31. The zero-order valence-corrected chi connectivity index (χ0v) is 11.5. The topological polar surface area (TPSA) is 65.2 Å². The highest BCUT2D eigenvalue weighted by molar-refractivity contribution is 6.35. The van der Waals surface area contributed by atoms with E-state index in [0.717, 1.165) is 0 Å². The minimum Gasteiger partial charge on any atom is -0.465 e. The van der Waals surface area contributed by atoms with E-state index in [1.807, 2.05) is 0 Å². The van der Waals surface area contributed by atoms with Gasteiger partial charge in [0.25, 0.3) is 0 Å². The summed E-state index contributed by atoms with van der Waals surface area (Å²) in [5.41, 5.74) is 7.32. The first-order chi connectivity index (χ1) is 9.01. The van der Waals surface area contributed by atoms with Crippen molar-refractivity contribution in [3.05, 3.63) is 46.1 Å². The monoisotopic (exact) mass is 296 g/mol. The van der Waals surface area contributed by atoms with Crippen LogP contribution in [-0.2, 0) is 4.74 Å². The summed E-state index contributed by atoms with van der Waals surface area (Å²) < 4.78 is 4.71. The number of ether oxygens (including phenoxy) is 1. The minimum absolute atomic E-state index is 0.265. The molecule has 1 aromatic heterocycles. The molecule has 0 spiro atoms. The number of carbonyl (C=O) groups excluding carboxylic acids is 1. The Morgan fingerprint density at radius 2 is 1.84 bits per heavy atom. The number of rotatable bonds is 2. The Morgan fingerprint density at radius 3 is 2.42 bits per heavy atom. The molecule has 0 unspecified atom stereocenters. The number of carbonyl (C=O) groups is 1. The van der Waals surface area contributed by atoms with E-state index < -0.39 is 5.97 Å². The third-order valence-corrected chi connectivity index (χ3v) is 2.89. The van der Waals surface area contributed by atoms with Gasteiger partial charge < -0.3 is 10.5 Å². The van der Waals surface area contributed by atoms with Gasteiger partial charge >= 0.3 is 5.97 Å². The summed E-state index contributed by atoms with van der Waals surface area (Å²) in [6.45, 7) is 0. The standard InChI is InChI=1S/C13H10Cl2N2O2/c1-19-13(18)11-5-10(16)6-17-12(11)7-2-8(14)4-9(15)3-7/h2-6H,16H2,1H3. The van der Waals surface area contributed by atoms with Crippen molar-refractivity contribution in [3.8, 4) is 11.3 Å². The highest BCUT2D eigenvalue weighted by Gasteiger charge is 2.16. The van der Waals surface area contributed by atoms with Crippen LogP contribution in [0.2, 0.25) is 10.0 Å². The van der Waals surface area contributed by atoms with E-state index in [1.165, 1.54) is 19.4 Å². The molecule has 0 radical (unpaired) electrons. The summed E-state index contributed by atoms with van der Waals surface area (Å²) >= 11 is 11.9. The molecular formula is C13H10Cl2N2O2. The summed E-state index contributed by atoms with van der Waals surface area (Å²) in [6, 6.07) is 6.43. The van der Waals surface area contributed by atoms with Crippen LogP contribution in [0, 0.1) is 0 Å². The number of hydrogen-bond donors (Lipinski definition) is 1. The average Bonchev–Trinajstić information content (AvgIpc) is 2.36. The second-order valence-electron chi connectivity index (χ2n) is 3.81. The number of esters is 1. The van der Waals surface area contributed by atoms with Gasteiger partial charge in [0.2, 0.25) is 0 Å². The van der Waals surface area contributed by atoms with Gasteiger partial charge in [-0.25, -0.2) is 4.79 Å². The molecule has 2 aromatic rings. The first kappa shape index (κ1) is 13.6. The van der Waals surface area contributed by atoms with Crippen LogP contribution in [0.1, 0.15) is 10.4 Å². The molecule has 1 aromatic carbocycles. The number of nitrogens with two attached hydrogens (primary N) is 1. The molecular weight excluding hydrogens is 287 g/mol. The molecule has 0 fully saturated rings. The number of nitrogen functional groups attached to an aromatic ring is 1. The highest BCUT2D eigenvalue weighted by atomic mass is 35.5. The van der Waals surface area contributed by atoms with Crippen molar-refractivity contribution >= 4 is 34.9 Å². The Bertz CT molecular complexity index is 624. The lowest BCUT2D eigenvalue weighted by Gasteiger charge is -2.09.